The Balaban J connectivity index is 1.66. The first-order valence-corrected chi connectivity index (χ1v) is 9.76. The van der Waals surface area contributed by atoms with E-state index in [1.807, 2.05) is 0 Å². The number of nitrogens with two attached hydrogens (primary N) is 1. The second-order valence-electron chi connectivity index (χ2n) is 7.02. The number of carbonyl (C=O) groups is 5. The van der Waals surface area contributed by atoms with Crippen LogP contribution in [0.3, 0.4) is 0 Å². The zero-order valence-corrected chi connectivity index (χ0v) is 18.5. The van der Waals surface area contributed by atoms with Crippen molar-refractivity contribution in [2.75, 3.05) is 39.8 Å². The van der Waals surface area contributed by atoms with Crippen LogP contribution < -0.4 is 25.3 Å². The summed E-state index contributed by atoms with van der Waals surface area (Å²) in [5.41, 5.74) is 5.74. The first-order valence-electron chi connectivity index (χ1n) is 9.76. The lowest BCUT2D eigenvalue weighted by Gasteiger charge is -2.15. The molecule has 1 heterocycles. The van der Waals surface area contributed by atoms with Gasteiger partial charge in [0, 0.05) is 12.7 Å². The van der Waals surface area contributed by atoms with Crippen LogP contribution in [0.15, 0.2) is 30.3 Å². The van der Waals surface area contributed by atoms with Crippen molar-refractivity contribution in [1.29, 1.82) is 0 Å². The lowest BCUT2D eigenvalue weighted by Crippen LogP contribution is -2.24. The van der Waals surface area contributed by atoms with Gasteiger partial charge in [-0.1, -0.05) is 0 Å². The van der Waals surface area contributed by atoms with Gasteiger partial charge >= 0.3 is 5.97 Å². The molecule has 0 atom stereocenters. The maximum absolute atomic E-state index is 12.5. The van der Waals surface area contributed by atoms with E-state index in [0.717, 1.165) is 4.90 Å². The molecule has 2 aromatic rings. The van der Waals surface area contributed by atoms with Crippen LogP contribution in [0, 0.1) is 0 Å². The minimum Gasteiger partial charge on any atom is -0.493 e. The summed E-state index contributed by atoms with van der Waals surface area (Å²) < 4.78 is 20.7. The normalized spacial score (nSPS) is 12.1. The predicted molar refractivity (Wildman–Crippen MR) is 116 cm³/mol. The van der Waals surface area contributed by atoms with Gasteiger partial charge in [-0.25, -0.2) is 4.79 Å². The van der Waals surface area contributed by atoms with Gasteiger partial charge in [0.15, 0.2) is 24.7 Å². The quantitative estimate of drug-likeness (QED) is 0.393. The average molecular weight is 471 g/mol. The number of primary amides is 1. The number of nitrogens with one attached hydrogen (secondary N) is 1. The smallest absolute Gasteiger partial charge is 0.338 e. The Morgan fingerprint density at radius 3 is 2.15 bits per heavy atom. The van der Waals surface area contributed by atoms with Gasteiger partial charge in [-0.15, -0.1) is 0 Å². The Morgan fingerprint density at radius 2 is 1.56 bits per heavy atom. The molecular weight excluding hydrogens is 450 g/mol. The van der Waals surface area contributed by atoms with Crippen LogP contribution in [0.2, 0.25) is 0 Å². The fourth-order valence-electron chi connectivity index (χ4n) is 3.13. The molecule has 0 fully saturated rings. The van der Waals surface area contributed by atoms with Crippen molar-refractivity contribution in [1.82, 2.24) is 4.90 Å². The Morgan fingerprint density at radius 1 is 0.941 bits per heavy atom. The maximum atomic E-state index is 12.5. The molecule has 34 heavy (non-hydrogen) atoms. The number of ether oxygens (including phenoxy) is 4. The molecule has 0 unspecified atom stereocenters. The maximum Gasteiger partial charge on any atom is 0.338 e. The highest BCUT2D eigenvalue weighted by Crippen LogP contribution is 2.38. The van der Waals surface area contributed by atoms with E-state index < -0.39 is 42.8 Å². The van der Waals surface area contributed by atoms with Crippen LogP contribution in [-0.2, 0) is 14.3 Å². The first kappa shape index (κ1) is 24.0. The zero-order valence-electron chi connectivity index (χ0n) is 18.5. The second-order valence-corrected chi connectivity index (χ2v) is 7.02. The molecule has 3 rings (SSSR count). The molecule has 0 aromatic heterocycles. The van der Waals surface area contributed by atoms with Crippen LogP contribution in [-0.4, -0.2) is 69.0 Å². The van der Waals surface area contributed by atoms with Crippen molar-refractivity contribution < 1.29 is 42.9 Å². The van der Waals surface area contributed by atoms with Crippen molar-refractivity contribution in [2.24, 2.45) is 5.73 Å². The van der Waals surface area contributed by atoms with E-state index >= 15 is 0 Å². The Labute approximate surface area is 193 Å². The number of nitrogens with zero attached hydrogens (tertiary/aromatic N) is 1. The second kappa shape index (κ2) is 9.90. The number of carbonyl (C=O) groups excluding carboxylic acids is 5. The molecule has 0 radical (unpaired) electrons. The highest BCUT2D eigenvalue weighted by Gasteiger charge is 2.32. The van der Waals surface area contributed by atoms with E-state index in [2.05, 4.69) is 5.32 Å². The van der Waals surface area contributed by atoms with E-state index in [9.17, 15) is 24.0 Å². The third kappa shape index (κ3) is 4.90. The van der Waals surface area contributed by atoms with Gasteiger partial charge in [-0.2, -0.15) is 0 Å². The highest BCUT2D eigenvalue weighted by molar-refractivity contribution is 6.21. The van der Waals surface area contributed by atoms with E-state index in [4.69, 9.17) is 24.7 Å². The van der Waals surface area contributed by atoms with Crippen LogP contribution >= 0.6 is 0 Å². The highest BCUT2D eigenvalue weighted by atomic mass is 16.5. The van der Waals surface area contributed by atoms with Crippen LogP contribution in [0.25, 0.3) is 0 Å². The van der Waals surface area contributed by atoms with E-state index in [-0.39, 0.29) is 39.6 Å². The Kier molecular flexibility index (Phi) is 7.00. The summed E-state index contributed by atoms with van der Waals surface area (Å²) in [6, 6.07) is 6.85. The first-order chi connectivity index (χ1) is 16.2. The molecule has 178 valence electrons. The molecule has 0 saturated heterocycles. The van der Waals surface area contributed by atoms with Crippen molar-refractivity contribution in [3.8, 4) is 17.2 Å². The molecule has 0 bridgehead atoms. The minimum absolute atomic E-state index is 0.00222. The van der Waals surface area contributed by atoms with Gasteiger partial charge in [0.05, 0.1) is 30.9 Å². The standard InChI is InChI=1S/C22H21N3O9/c1-25-20(28)13-5-4-12(8-14(13)21(25)29)24-18(27)10-34-22(30)11-6-15(31-2)19(16(7-11)32-3)33-9-17(23)26/h4-8H,9-10H2,1-3H3,(H2,23,26)(H,24,27). The number of methoxy groups -OCH3 is 2. The summed E-state index contributed by atoms with van der Waals surface area (Å²) in [7, 11) is 4.01. The number of hydrogen-bond acceptors (Lipinski definition) is 9. The van der Waals surface area contributed by atoms with Gasteiger partial charge < -0.3 is 30.0 Å². The van der Waals surface area contributed by atoms with Crippen molar-refractivity contribution in [3.05, 3.63) is 47.0 Å². The lowest BCUT2D eigenvalue weighted by atomic mass is 10.1. The fraction of sp³-hybridized carbons (Fsp3) is 0.227. The Hall–Kier alpha value is -4.61. The summed E-state index contributed by atoms with van der Waals surface area (Å²) in [4.78, 5) is 60.7. The molecule has 1 aliphatic heterocycles. The summed E-state index contributed by atoms with van der Waals surface area (Å²) in [5.74, 6) is -2.92. The van der Waals surface area contributed by atoms with Crippen LogP contribution in [0.5, 0.6) is 17.2 Å². The van der Waals surface area contributed by atoms with Crippen LogP contribution in [0.4, 0.5) is 5.69 Å². The SMILES string of the molecule is COc1cc(C(=O)OCC(=O)Nc2ccc3c(c2)C(=O)N(C)C3=O)cc(OC)c1OCC(N)=O. The molecule has 12 heteroatoms. The minimum atomic E-state index is -0.857. The topological polar surface area (TPSA) is 164 Å². The van der Waals surface area contributed by atoms with Gasteiger partial charge in [0.1, 0.15) is 0 Å². The molecule has 12 nitrogen and oxygen atoms in total. The van der Waals surface area contributed by atoms with Gasteiger partial charge in [0.25, 0.3) is 23.6 Å². The number of imide groups is 1. The van der Waals surface area contributed by atoms with Crippen molar-refractivity contribution >= 4 is 35.3 Å². The van der Waals surface area contributed by atoms with Gasteiger partial charge in [0.2, 0.25) is 5.75 Å². The van der Waals surface area contributed by atoms with E-state index in [1.54, 1.807) is 0 Å². The van der Waals surface area contributed by atoms with Gasteiger partial charge in [-0.05, 0) is 30.3 Å². The van der Waals surface area contributed by atoms with Crippen molar-refractivity contribution in [2.45, 2.75) is 0 Å². The van der Waals surface area contributed by atoms with Gasteiger partial charge in [-0.3, -0.25) is 24.1 Å². The largest absolute Gasteiger partial charge is 0.493 e. The molecule has 1 aliphatic rings. The lowest BCUT2D eigenvalue weighted by molar-refractivity contribution is -0.120. The number of rotatable bonds is 9. The molecular formula is C22H21N3O9. The number of benzene rings is 2. The van der Waals surface area contributed by atoms with E-state index in [0.29, 0.717) is 0 Å². The molecule has 0 aliphatic carbocycles. The molecule has 2 aromatic carbocycles. The third-order valence-corrected chi connectivity index (χ3v) is 4.76. The fourth-order valence-corrected chi connectivity index (χ4v) is 3.13. The summed E-state index contributed by atoms with van der Waals surface area (Å²) in [6.07, 6.45) is 0. The molecule has 4 amide bonds. The molecule has 0 saturated carbocycles. The number of esters is 1. The average Bonchev–Trinajstić information content (AvgIpc) is 3.03. The summed E-state index contributed by atoms with van der Waals surface area (Å²) in [5, 5.41) is 2.50. The number of anilines is 1. The monoisotopic (exact) mass is 471 g/mol. The zero-order chi connectivity index (χ0) is 25.0. The summed E-state index contributed by atoms with van der Waals surface area (Å²) >= 11 is 0. The third-order valence-electron chi connectivity index (χ3n) is 4.76. The Bertz CT molecular complexity index is 1170. The molecule has 0 spiro atoms. The number of amides is 4. The predicted octanol–water partition coefficient (Wildman–Crippen LogP) is 0.589. The summed E-state index contributed by atoms with van der Waals surface area (Å²) in [6.45, 7) is -1.07. The number of fused-ring (bicyclic) bond motifs is 1. The van der Waals surface area contributed by atoms with E-state index in [1.165, 1.54) is 51.6 Å². The van der Waals surface area contributed by atoms with Crippen LogP contribution in [0.1, 0.15) is 31.1 Å². The van der Waals surface area contributed by atoms with Crippen molar-refractivity contribution in [3.63, 3.8) is 0 Å². The molecule has 3 N–H and O–H groups in total. The number of hydrogen-bond donors (Lipinski definition) is 2.